The zero-order valence-electron chi connectivity index (χ0n) is 17.8. The van der Waals surface area contributed by atoms with Crippen LogP contribution < -0.4 is 10.6 Å². The smallest absolute Gasteiger partial charge is 0.251 e. The largest absolute Gasteiger partial charge is 0.355 e. The van der Waals surface area contributed by atoms with E-state index in [0.29, 0.717) is 36.9 Å². The number of hydrogen-bond acceptors (Lipinski definition) is 6. The number of likely N-dealkylation sites (tertiary alicyclic amines) is 1. The SMILES string of the molecule is CNC(=O)c1cccc(-c2noc(C3CN(CC(=O)Nc4cccc(C)c4C)C3)n2)c1. The molecular weight excluding hydrogens is 394 g/mol. The fraction of sp³-hybridized carbons (Fsp3) is 0.304. The number of nitrogens with one attached hydrogen (secondary N) is 2. The molecular formula is C23H25N5O3. The molecule has 1 fully saturated rings. The summed E-state index contributed by atoms with van der Waals surface area (Å²) in [5.74, 6) is 0.888. The zero-order chi connectivity index (χ0) is 22.0. The molecule has 160 valence electrons. The summed E-state index contributed by atoms with van der Waals surface area (Å²) in [4.78, 5) is 30.8. The van der Waals surface area contributed by atoms with Gasteiger partial charge in [-0.05, 0) is 43.2 Å². The Morgan fingerprint density at radius 1 is 1.16 bits per heavy atom. The van der Waals surface area contributed by atoms with Crippen molar-refractivity contribution in [2.24, 2.45) is 0 Å². The minimum atomic E-state index is -0.167. The van der Waals surface area contributed by atoms with Crippen LogP contribution in [0, 0.1) is 13.8 Å². The fourth-order valence-electron chi connectivity index (χ4n) is 3.60. The quantitative estimate of drug-likeness (QED) is 0.637. The number of aromatic nitrogens is 2. The van der Waals surface area contributed by atoms with Gasteiger partial charge in [-0.1, -0.05) is 29.4 Å². The van der Waals surface area contributed by atoms with E-state index in [1.54, 1.807) is 25.2 Å². The Hall–Kier alpha value is -3.52. The number of carbonyl (C=O) groups excluding carboxylic acids is 2. The van der Waals surface area contributed by atoms with Gasteiger partial charge in [0.1, 0.15) is 0 Å². The third-order valence-corrected chi connectivity index (χ3v) is 5.60. The van der Waals surface area contributed by atoms with Crippen LogP contribution in [-0.2, 0) is 4.79 Å². The molecule has 0 unspecified atom stereocenters. The predicted molar refractivity (Wildman–Crippen MR) is 117 cm³/mol. The van der Waals surface area contributed by atoms with Gasteiger partial charge in [-0.3, -0.25) is 14.5 Å². The van der Waals surface area contributed by atoms with E-state index in [4.69, 9.17) is 4.52 Å². The maximum absolute atomic E-state index is 12.4. The minimum Gasteiger partial charge on any atom is -0.355 e. The monoisotopic (exact) mass is 419 g/mol. The molecule has 0 spiro atoms. The van der Waals surface area contributed by atoms with Gasteiger partial charge in [0.25, 0.3) is 5.91 Å². The van der Waals surface area contributed by atoms with E-state index in [2.05, 4.69) is 20.8 Å². The molecule has 1 aliphatic rings. The molecule has 1 saturated heterocycles. The Labute approximate surface area is 180 Å². The first-order valence-corrected chi connectivity index (χ1v) is 10.2. The molecule has 1 aliphatic heterocycles. The highest BCUT2D eigenvalue weighted by Crippen LogP contribution is 2.28. The molecule has 0 radical (unpaired) electrons. The zero-order valence-corrected chi connectivity index (χ0v) is 17.8. The number of anilines is 1. The molecule has 0 bridgehead atoms. The van der Waals surface area contributed by atoms with Crippen LogP contribution in [-0.4, -0.2) is 53.5 Å². The summed E-state index contributed by atoms with van der Waals surface area (Å²) in [7, 11) is 1.59. The maximum atomic E-state index is 12.4. The van der Waals surface area contributed by atoms with Crippen molar-refractivity contribution >= 4 is 17.5 Å². The van der Waals surface area contributed by atoms with Crippen LogP contribution in [0.4, 0.5) is 5.69 Å². The Balaban J connectivity index is 1.33. The molecule has 8 nitrogen and oxygen atoms in total. The minimum absolute atomic E-state index is 0.0376. The van der Waals surface area contributed by atoms with Crippen LogP contribution >= 0.6 is 0 Å². The number of carbonyl (C=O) groups is 2. The first kappa shape index (κ1) is 20.7. The Bertz CT molecular complexity index is 1120. The molecule has 2 aromatic carbocycles. The van der Waals surface area contributed by atoms with Gasteiger partial charge in [0.2, 0.25) is 17.6 Å². The summed E-state index contributed by atoms with van der Waals surface area (Å²) in [6.45, 7) is 5.71. The number of nitrogens with zero attached hydrogens (tertiary/aromatic N) is 3. The normalized spacial score (nSPS) is 14.2. The van der Waals surface area contributed by atoms with Crippen molar-refractivity contribution < 1.29 is 14.1 Å². The molecule has 0 saturated carbocycles. The Morgan fingerprint density at radius 2 is 1.94 bits per heavy atom. The lowest BCUT2D eigenvalue weighted by atomic mass is 10.00. The highest BCUT2D eigenvalue weighted by molar-refractivity contribution is 5.95. The Morgan fingerprint density at radius 3 is 2.71 bits per heavy atom. The lowest BCUT2D eigenvalue weighted by Crippen LogP contribution is -2.48. The van der Waals surface area contributed by atoms with Crippen molar-refractivity contribution in [2.45, 2.75) is 19.8 Å². The van der Waals surface area contributed by atoms with Gasteiger partial charge >= 0.3 is 0 Å². The number of amides is 2. The molecule has 2 N–H and O–H groups in total. The summed E-state index contributed by atoms with van der Waals surface area (Å²) in [5.41, 5.74) is 4.34. The molecule has 0 atom stereocenters. The first-order chi connectivity index (χ1) is 14.9. The topological polar surface area (TPSA) is 100 Å². The molecule has 1 aromatic heterocycles. The average Bonchev–Trinajstić information content (AvgIpc) is 3.23. The van der Waals surface area contributed by atoms with E-state index in [0.717, 1.165) is 22.4 Å². The van der Waals surface area contributed by atoms with E-state index in [9.17, 15) is 9.59 Å². The van der Waals surface area contributed by atoms with Crippen molar-refractivity contribution in [2.75, 3.05) is 32.0 Å². The third kappa shape index (κ3) is 4.49. The standard InChI is InChI=1S/C23H25N5O3/c1-14-6-4-9-19(15(14)2)25-20(29)13-28-11-18(12-28)23-26-21(27-31-23)16-7-5-8-17(10-16)22(30)24-3/h4-10,18H,11-13H2,1-3H3,(H,24,30)(H,25,29). The number of hydrogen-bond donors (Lipinski definition) is 2. The fourth-order valence-corrected chi connectivity index (χ4v) is 3.60. The molecule has 31 heavy (non-hydrogen) atoms. The summed E-state index contributed by atoms with van der Waals surface area (Å²) in [6.07, 6.45) is 0. The number of aryl methyl sites for hydroxylation is 1. The molecule has 3 aromatic rings. The van der Waals surface area contributed by atoms with Gasteiger partial charge in [0, 0.05) is 37.0 Å². The van der Waals surface area contributed by atoms with Crippen molar-refractivity contribution in [3.63, 3.8) is 0 Å². The first-order valence-electron chi connectivity index (χ1n) is 10.2. The summed E-state index contributed by atoms with van der Waals surface area (Å²) < 4.78 is 5.44. The van der Waals surface area contributed by atoms with E-state index in [1.165, 1.54) is 0 Å². The Kier molecular flexibility index (Phi) is 5.81. The molecule has 8 heteroatoms. The predicted octanol–water partition coefficient (Wildman–Crippen LogP) is 2.75. The van der Waals surface area contributed by atoms with Crippen LogP contribution in [0.2, 0.25) is 0 Å². The van der Waals surface area contributed by atoms with Gasteiger partial charge in [-0.2, -0.15) is 4.98 Å². The lowest BCUT2D eigenvalue weighted by Gasteiger charge is -2.36. The lowest BCUT2D eigenvalue weighted by molar-refractivity contribution is -0.118. The van der Waals surface area contributed by atoms with Crippen LogP contribution in [0.5, 0.6) is 0 Å². The molecule has 2 heterocycles. The van der Waals surface area contributed by atoms with Crippen LogP contribution in [0.15, 0.2) is 47.0 Å². The van der Waals surface area contributed by atoms with Crippen molar-refractivity contribution in [1.82, 2.24) is 20.4 Å². The van der Waals surface area contributed by atoms with Gasteiger partial charge in [0.15, 0.2) is 0 Å². The molecule has 0 aliphatic carbocycles. The van der Waals surface area contributed by atoms with E-state index >= 15 is 0 Å². The second-order valence-corrected chi connectivity index (χ2v) is 7.80. The molecule has 4 rings (SSSR count). The van der Waals surface area contributed by atoms with E-state index in [1.807, 2.05) is 43.0 Å². The summed E-state index contributed by atoms with van der Waals surface area (Å²) in [6, 6.07) is 13.0. The van der Waals surface area contributed by atoms with Gasteiger partial charge in [-0.15, -0.1) is 0 Å². The van der Waals surface area contributed by atoms with E-state index in [-0.39, 0.29) is 17.7 Å². The highest BCUT2D eigenvalue weighted by atomic mass is 16.5. The van der Waals surface area contributed by atoms with Gasteiger partial charge in [-0.25, -0.2) is 0 Å². The average molecular weight is 419 g/mol. The van der Waals surface area contributed by atoms with E-state index < -0.39 is 0 Å². The second-order valence-electron chi connectivity index (χ2n) is 7.80. The third-order valence-electron chi connectivity index (χ3n) is 5.60. The van der Waals surface area contributed by atoms with Crippen molar-refractivity contribution in [3.05, 3.63) is 65.0 Å². The number of rotatable bonds is 6. The number of benzene rings is 2. The molecule has 2 amide bonds. The van der Waals surface area contributed by atoms with Crippen LogP contribution in [0.25, 0.3) is 11.4 Å². The van der Waals surface area contributed by atoms with Crippen LogP contribution in [0.3, 0.4) is 0 Å². The maximum Gasteiger partial charge on any atom is 0.251 e. The second kappa shape index (κ2) is 8.69. The van der Waals surface area contributed by atoms with Gasteiger partial charge in [0.05, 0.1) is 12.5 Å². The van der Waals surface area contributed by atoms with Crippen molar-refractivity contribution in [3.8, 4) is 11.4 Å². The van der Waals surface area contributed by atoms with Crippen LogP contribution in [0.1, 0.15) is 33.3 Å². The summed E-state index contributed by atoms with van der Waals surface area (Å²) in [5, 5.41) is 9.65. The highest BCUT2D eigenvalue weighted by Gasteiger charge is 2.33. The van der Waals surface area contributed by atoms with Crippen molar-refractivity contribution in [1.29, 1.82) is 0 Å². The summed E-state index contributed by atoms with van der Waals surface area (Å²) >= 11 is 0. The van der Waals surface area contributed by atoms with Gasteiger partial charge < -0.3 is 15.2 Å².